The molecule has 88 valence electrons. The lowest BCUT2D eigenvalue weighted by Gasteiger charge is -2.24. The van der Waals surface area contributed by atoms with Gasteiger partial charge < -0.3 is 0 Å². The molecular formula is C14H22N2. The van der Waals surface area contributed by atoms with Crippen molar-refractivity contribution in [2.45, 2.75) is 46.1 Å². The average Bonchev–Trinajstić information content (AvgIpc) is 2.97. The van der Waals surface area contributed by atoms with E-state index in [1.54, 1.807) is 0 Å². The molecule has 3 N–H and O–H groups in total. The number of hydrogen-bond donors (Lipinski definition) is 2. The third kappa shape index (κ3) is 2.13. The summed E-state index contributed by atoms with van der Waals surface area (Å²) in [6.07, 6.45) is 3.64. The maximum Gasteiger partial charge on any atom is 0.0304 e. The standard InChI is InChI=1S/C14H22N2/c1-10-5-4-6-11(2)12(10)9-13(16-15)14(3)7-8-14/h4-6,13,16H,7-9,15H2,1-3H3. The van der Waals surface area contributed by atoms with Crippen molar-refractivity contribution in [3.05, 3.63) is 34.9 Å². The van der Waals surface area contributed by atoms with Gasteiger partial charge in [0.05, 0.1) is 0 Å². The molecule has 2 nitrogen and oxygen atoms in total. The molecule has 1 aromatic rings. The smallest absolute Gasteiger partial charge is 0.0304 e. The van der Waals surface area contributed by atoms with Gasteiger partial charge in [-0.1, -0.05) is 25.1 Å². The van der Waals surface area contributed by atoms with E-state index in [9.17, 15) is 0 Å². The summed E-state index contributed by atoms with van der Waals surface area (Å²) in [5.41, 5.74) is 7.64. The highest BCUT2D eigenvalue weighted by molar-refractivity contribution is 5.34. The van der Waals surface area contributed by atoms with Crippen molar-refractivity contribution in [2.75, 3.05) is 0 Å². The van der Waals surface area contributed by atoms with Crippen LogP contribution in [0.4, 0.5) is 0 Å². The van der Waals surface area contributed by atoms with Crippen LogP contribution in [0.25, 0.3) is 0 Å². The van der Waals surface area contributed by atoms with Crippen LogP contribution in [-0.4, -0.2) is 6.04 Å². The second kappa shape index (κ2) is 4.19. The predicted octanol–water partition coefficient (Wildman–Crippen LogP) is 2.48. The normalized spacial score (nSPS) is 19.5. The second-order valence-electron chi connectivity index (χ2n) is 5.45. The average molecular weight is 218 g/mol. The summed E-state index contributed by atoms with van der Waals surface area (Å²) in [6, 6.07) is 6.90. The number of aryl methyl sites for hydroxylation is 2. The molecule has 16 heavy (non-hydrogen) atoms. The predicted molar refractivity (Wildman–Crippen MR) is 68.1 cm³/mol. The number of nitrogens with one attached hydrogen (secondary N) is 1. The molecule has 0 heterocycles. The van der Waals surface area contributed by atoms with Gasteiger partial charge in [0.25, 0.3) is 0 Å². The minimum absolute atomic E-state index is 0.410. The Bertz CT molecular complexity index is 360. The molecule has 1 aliphatic carbocycles. The lowest BCUT2D eigenvalue weighted by Crippen LogP contribution is -2.42. The van der Waals surface area contributed by atoms with E-state index in [4.69, 9.17) is 5.84 Å². The minimum atomic E-state index is 0.410. The summed E-state index contributed by atoms with van der Waals surface area (Å²) in [5, 5.41) is 0. The molecule has 1 fully saturated rings. The molecule has 2 rings (SSSR count). The molecule has 0 bridgehead atoms. The molecule has 1 aliphatic rings. The van der Waals surface area contributed by atoms with Gasteiger partial charge in [-0.05, 0) is 55.2 Å². The van der Waals surface area contributed by atoms with Gasteiger partial charge in [0, 0.05) is 6.04 Å². The first-order chi connectivity index (χ1) is 7.57. The van der Waals surface area contributed by atoms with E-state index in [0.717, 1.165) is 6.42 Å². The van der Waals surface area contributed by atoms with Crippen molar-refractivity contribution in [2.24, 2.45) is 11.3 Å². The lowest BCUT2D eigenvalue weighted by atomic mass is 9.89. The summed E-state index contributed by atoms with van der Waals surface area (Å²) in [4.78, 5) is 0. The zero-order valence-electron chi connectivity index (χ0n) is 10.5. The largest absolute Gasteiger partial charge is 0.271 e. The summed E-state index contributed by atoms with van der Waals surface area (Å²) < 4.78 is 0. The molecule has 0 aromatic heterocycles. The molecule has 0 amide bonds. The Labute approximate surface area is 98.2 Å². The molecule has 1 atom stereocenters. The van der Waals surface area contributed by atoms with E-state index in [2.05, 4.69) is 44.4 Å². The van der Waals surface area contributed by atoms with E-state index < -0.39 is 0 Å². The topological polar surface area (TPSA) is 38.0 Å². The summed E-state index contributed by atoms with van der Waals surface area (Å²) in [6.45, 7) is 6.70. The first-order valence-corrected chi connectivity index (χ1v) is 6.08. The van der Waals surface area contributed by atoms with Crippen LogP contribution in [0.5, 0.6) is 0 Å². The lowest BCUT2D eigenvalue weighted by molar-refractivity contribution is 0.358. The van der Waals surface area contributed by atoms with E-state index >= 15 is 0 Å². The van der Waals surface area contributed by atoms with Gasteiger partial charge in [-0.2, -0.15) is 0 Å². The molecule has 0 spiro atoms. The van der Waals surface area contributed by atoms with E-state index in [1.165, 1.54) is 29.5 Å². The number of rotatable bonds is 4. The van der Waals surface area contributed by atoms with Crippen molar-refractivity contribution >= 4 is 0 Å². The van der Waals surface area contributed by atoms with Crippen molar-refractivity contribution < 1.29 is 0 Å². The van der Waals surface area contributed by atoms with Gasteiger partial charge in [-0.3, -0.25) is 11.3 Å². The third-order valence-corrected chi connectivity index (χ3v) is 4.13. The van der Waals surface area contributed by atoms with Crippen molar-refractivity contribution in [3.63, 3.8) is 0 Å². The maximum absolute atomic E-state index is 5.70. The maximum atomic E-state index is 5.70. The van der Waals surface area contributed by atoms with Crippen LogP contribution in [0, 0.1) is 19.3 Å². The van der Waals surface area contributed by atoms with Crippen LogP contribution in [0.15, 0.2) is 18.2 Å². The van der Waals surface area contributed by atoms with Crippen LogP contribution in [0.2, 0.25) is 0 Å². The van der Waals surface area contributed by atoms with Crippen molar-refractivity contribution in [3.8, 4) is 0 Å². The number of nitrogens with two attached hydrogens (primary N) is 1. The molecule has 0 radical (unpaired) electrons. The van der Waals surface area contributed by atoms with E-state index in [0.29, 0.717) is 11.5 Å². The SMILES string of the molecule is Cc1cccc(C)c1CC(NN)C1(C)CC1. The van der Waals surface area contributed by atoms with Crippen LogP contribution >= 0.6 is 0 Å². The van der Waals surface area contributed by atoms with Crippen molar-refractivity contribution in [1.82, 2.24) is 5.43 Å². The number of hydrogen-bond acceptors (Lipinski definition) is 2. The fraction of sp³-hybridized carbons (Fsp3) is 0.571. The Balaban J connectivity index is 2.19. The van der Waals surface area contributed by atoms with Crippen LogP contribution in [-0.2, 0) is 6.42 Å². The summed E-state index contributed by atoms with van der Waals surface area (Å²) in [5.74, 6) is 5.70. The third-order valence-electron chi connectivity index (χ3n) is 4.13. The van der Waals surface area contributed by atoms with Crippen molar-refractivity contribution in [1.29, 1.82) is 0 Å². The molecule has 0 aliphatic heterocycles. The Morgan fingerprint density at radius 1 is 1.31 bits per heavy atom. The molecular weight excluding hydrogens is 196 g/mol. The highest BCUT2D eigenvalue weighted by atomic mass is 15.2. The van der Waals surface area contributed by atoms with Gasteiger partial charge in [0.2, 0.25) is 0 Å². The number of benzene rings is 1. The first kappa shape index (κ1) is 11.6. The van der Waals surface area contributed by atoms with Crippen LogP contribution in [0.3, 0.4) is 0 Å². The minimum Gasteiger partial charge on any atom is -0.271 e. The fourth-order valence-corrected chi connectivity index (χ4v) is 2.43. The monoisotopic (exact) mass is 218 g/mol. The van der Waals surface area contributed by atoms with E-state index in [-0.39, 0.29) is 0 Å². The zero-order valence-corrected chi connectivity index (χ0v) is 10.5. The first-order valence-electron chi connectivity index (χ1n) is 6.08. The van der Waals surface area contributed by atoms with Gasteiger partial charge >= 0.3 is 0 Å². The molecule has 0 saturated heterocycles. The molecule has 1 aromatic carbocycles. The summed E-state index contributed by atoms with van der Waals surface area (Å²) >= 11 is 0. The van der Waals surface area contributed by atoms with Gasteiger partial charge in [-0.15, -0.1) is 0 Å². The van der Waals surface area contributed by atoms with E-state index in [1.807, 2.05) is 0 Å². The Kier molecular flexibility index (Phi) is 3.04. The molecule has 1 unspecified atom stereocenters. The van der Waals surface area contributed by atoms with Gasteiger partial charge in [0.1, 0.15) is 0 Å². The highest BCUT2D eigenvalue weighted by Crippen LogP contribution is 2.48. The summed E-state index contributed by atoms with van der Waals surface area (Å²) in [7, 11) is 0. The fourth-order valence-electron chi connectivity index (χ4n) is 2.43. The zero-order chi connectivity index (χ0) is 11.8. The Morgan fingerprint density at radius 3 is 2.31 bits per heavy atom. The molecule has 2 heteroatoms. The van der Waals surface area contributed by atoms with Gasteiger partial charge in [-0.25, -0.2) is 0 Å². The second-order valence-corrected chi connectivity index (χ2v) is 5.45. The highest BCUT2D eigenvalue weighted by Gasteiger charge is 2.44. The number of hydrazine groups is 1. The van der Waals surface area contributed by atoms with Crippen LogP contribution < -0.4 is 11.3 Å². The Hall–Kier alpha value is -0.860. The van der Waals surface area contributed by atoms with Crippen LogP contribution in [0.1, 0.15) is 36.5 Å². The Morgan fingerprint density at radius 2 is 1.88 bits per heavy atom. The quantitative estimate of drug-likeness (QED) is 0.602. The molecule has 1 saturated carbocycles. The van der Waals surface area contributed by atoms with Gasteiger partial charge in [0.15, 0.2) is 0 Å².